The molecule has 7 heteroatoms. The summed E-state index contributed by atoms with van der Waals surface area (Å²) in [7, 11) is 1.60. The average molecular weight is 308 g/mol. The molecule has 0 unspecified atom stereocenters. The highest BCUT2D eigenvalue weighted by molar-refractivity contribution is 7.18. The smallest absolute Gasteiger partial charge is 0.346 e. The topological polar surface area (TPSA) is 80.6 Å². The summed E-state index contributed by atoms with van der Waals surface area (Å²) in [6, 6.07) is 5.16. The van der Waals surface area contributed by atoms with Gasteiger partial charge in [0.05, 0.1) is 11.6 Å². The first-order valence-corrected chi connectivity index (χ1v) is 7.13. The van der Waals surface area contributed by atoms with Gasteiger partial charge in [-0.15, -0.1) is 11.3 Å². The van der Waals surface area contributed by atoms with Crippen LogP contribution in [-0.2, 0) is 11.3 Å². The number of amides is 1. The maximum absolute atomic E-state index is 12.2. The van der Waals surface area contributed by atoms with Crippen molar-refractivity contribution in [3.05, 3.63) is 40.5 Å². The van der Waals surface area contributed by atoms with E-state index in [9.17, 15) is 9.59 Å². The number of ether oxygens (including phenoxy) is 1. The second-order valence-electron chi connectivity index (χ2n) is 4.46. The van der Waals surface area contributed by atoms with Crippen LogP contribution in [0.5, 0.6) is 0 Å². The first kappa shape index (κ1) is 15.3. The molecule has 2 N–H and O–H groups in total. The zero-order chi connectivity index (χ0) is 15.4. The predicted molar refractivity (Wildman–Crippen MR) is 80.3 cm³/mol. The quantitative estimate of drug-likeness (QED) is 0.859. The van der Waals surface area contributed by atoms with Crippen LogP contribution in [0.25, 0.3) is 0 Å². The van der Waals surface area contributed by atoms with Crippen LogP contribution in [0.3, 0.4) is 0 Å². The number of hydrogen-bond donors (Lipinski definition) is 2. The van der Waals surface area contributed by atoms with Crippen molar-refractivity contribution in [1.82, 2.24) is 4.57 Å². The maximum atomic E-state index is 12.2. The van der Waals surface area contributed by atoms with Gasteiger partial charge in [0.2, 0.25) is 0 Å². The normalized spacial score (nSPS) is 10.6. The van der Waals surface area contributed by atoms with Gasteiger partial charge in [-0.25, -0.2) is 4.79 Å². The molecule has 0 bridgehead atoms. The molecule has 0 atom stereocenters. The number of aromatic carboxylic acids is 1. The molecule has 112 valence electrons. The molecule has 21 heavy (non-hydrogen) atoms. The summed E-state index contributed by atoms with van der Waals surface area (Å²) >= 11 is 1.05. The highest BCUT2D eigenvalue weighted by Crippen LogP contribution is 2.27. The fourth-order valence-electron chi connectivity index (χ4n) is 1.94. The summed E-state index contributed by atoms with van der Waals surface area (Å²) in [5.41, 5.74) is 1.15. The summed E-state index contributed by atoms with van der Waals surface area (Å²) < 4.78 is 6.79. The lowest BCUT2D eigenvalue weighted by Crippen LogP contribution is -2.17. The Morgan fingerprint density at radius 2 is 2.24 bits per heavy atom. The number of carboxylic acid groups (broad SMARTS) is 1. The fourth-order valence-corrected chi connectivity index (χ4v) is 2.84. The van der Waals surface area contributed by atoms with Crippen molar-refractivity contribution in [2.24, 2.45) is 0 Å². The molecule has 0 radical (unpaired) electrons. The minimum absolute atomic E-state index is 0.236. The van der Waals surface area contributed by atoms with Crippen LogP contribution in [0, 0.1) is 6.92 Å². The molecule has 0 aliphatic carbocycles. The Balaban J connectivity index is 2.13. The van der Waals surface area contributed by atoms with Crippen LogP contribution < -0.4 is 5.32 Å². The number of carboxylic acids is 1. The highest BCUT2D eigenvalue weighted by atomic mass is 32.1. The van der Waals surface area contributed by atoms with E-state index in [2.05, 4.69) is 5.32 Å². The third-order valence-electron chi connectivity index (χ3n) is 2.95. The summed E-state index contributed by atoms with van der Waals surface area (Å²) in [6.07, 6.45) is 1.80. The van der Waals surface area contributed by atoms with E-state index in [1.54, 1.807) is 43.0 Å². The van der Waals surface area contributed by atoms with Gasteiger partial charge in [0.1, 0.15) is 10.6 Å². The molecule has 2 aromatic heterocycles. The van der Waals surface area contributed by atoms with Gasteiger partial charge in [-0.1, -0.05) is 0 Å². The molecular formula is C14H16N2O4S. The van der Waals surface area contributed by atoms with E-state index < -0.39 is 5.97 Å². The number of nitrogens with one attached hydrogen (secondary N) is 1. The number of anilines is 1. The lowest BCUT2D eigenvalue weighted by Gasteiger charge is -2.08. The molecule has 0 fully saturated rings. The zero-order valence-corrected chi connectivity index (χ0v) is 12.6. The van der Waals surface area contributed by atoms with Gasteiger partial charge in [-0.05, 0) is 30.7 Å². The van der Waals surface area contributed by atoms with Crippen LogP contribution >= 0.6 is 11.3 Å². The third-order valence-corrected chi connectivity index (χ3v) is 4.09. The van der Waals surface area contributed by atoms with Crippen LogP contribution in [0.4, 0.5) is 5.00 Å². The number of nitrogens with zero attached hydrogens (tertiary/aromatic N) is 1. The van der Waals surface area contributed by atoms with E-state index in [1.165, 1.54) is 0 Å². The molecular weight excluding hydrogens is 292 g/mol. The SMILES string of the molecule is COCCn1cccc1C(=O)Nc1cc(C)c(C(=O)O)s1. The van der Waals surface area contributed by atoms with Gasteiger partial charge in [-0.2, -0.15) is 0 Å². The number of aryl methyl sites for hydroxylation is 1. The van der Waals surface area contributed by atoms with Crippen LogP contribution in [0.15, 0.2) is 24.4 Å². The van der Waals surface area contributed by atoms with E-state index in [1.807, 2.05) is 0 Å². The van der Waals surface area contributed by atoms with Crippen LogP contribution in [0.2, 0.25) is 0 Å². The summed E-state index contributed by atoms with van der Waals surface area (Å²) in [5.74, 6) is -1.25. The Morgan fingerprint density at radius 3 is 2.86 bits per heavy atom. The number of carbonyl (C=O) groups excluding carboxylic acids is 1. The first-order chi connectivity index (χ1) is 10.0. The molecule has 0 saturated heterocycles. The highest BCUT2D eigenvalue weighted by Gasteiger charge is 2.16. The van der Waals surface area contributed by atoms with Crippen molar-refractivity contribution in [3.63, 3.8) is 0 Å². The van der Waals surface area contributed by atoms with Gasteiger partial charge < -0.3 is 19.7 Å². The molecule has 2 rings (SSSR count). The Hall–Kier alpha value is -2.12. The predicted octanol–water partition coefficient (Wildman–Crippen LogP) is 2.45. The Kier molecular flexibility index (Phi) is 4.77. The molecule has 2 heterocycles. The Bertz CT molecular complexity index is 660. The summed E-state index contributed by atoms with van der Waals surface area (Å²) in [6.45, 7) is 2.79. The Labute approximate surface area is 126 Å². The second-order valence-corrected chi connectivity index (χ2v) is 5.51. The fraction of sp³-hybridized carbons (Fsp3) is 0.286. The number of hydrogen-bond acceptors (Lipinski definition) is 4. The van der Waals surface area contributed by atoms with Crippen molar-refractivity contribution in [2.45, 2.75) is 13.5 Å². The number of rotatable bonds is 6. The van der Waals surface area contributed by atoms with Crippen molar-refractivity contribution in [3.8, 4) is 0 Å². The van der Waals surface area contributed by atoms with Gasteiger partial charge in [0.15, 0.2) is 0 Å². The van der Waals surface area contributed by atoms with E-state index in [-0.39, 0.29) is 10.8 Å². The van der Waals surface area contributed by atoms with Crippen molar-refractivity contribution in [1.29, 1.82) is 0 Å². The van der Waals surface area contributed by atoms with E-state index >= 15 is 0 Å². The number of carbonyl (C=O) groups is 2. The van der Waals surface area contributed by atoms with Crippen molar-refractivity contribution < 1.29 is 19.4 Å². The van der Waals surface area contributed by atoms with Crippen molar-refractivity contribution in [2.75, 3.05) is 19.0 Å². The Morgan fingerprint density at radius 1 is 1.48 bits per heavy atom. The van der Waals surface area contributed by atoms with Gasteiger partial charge in [0.25, 0.3) is 5.91 Å². The van der Waals surface area contributed by atoms with E-state index in [0.29, 0.717) is 29.4 Å². The molecule has 0 aromatic carbocycles. The largest absolute Gasteiger partial charge is 0.477 e. The summed E-state index contributed by atoms with van der Waals surface area (Å²) in [5, 5.41) is 12.3. The first-order valence-electron chi connectivity index (χ1n) is 6.32. The van der Waals surface area contributed by atoms with Gasteiger partial charge >= 0.3 is 5.97 Å². The molecule has 6 nitrogen and oxygen atoms in total. The molecule has 2 aromatic rings. The molecule has 0 aliphatic rings. The number of thiophene rings is 1. The average Bonchev–Trinajstić information content (AvgIpc) is 3.02. The standard InChI is InChI=1S/C14H16N2O4S/c1-9-8-11(21-12(9)14(18)19)15-13(17)10-4-3-5-16(10)6-7-20-2/h3-5,8H,6-7H2,1-2H3,(H,15,17)(H,18,19). The minimum atomic E-state index is -0.985. The third kappa shape index (κ3) is 3.50. The van der Waals surface area contributed by atoms with E-state index in [4.69, 9.17) is 9.84 Å². The van der Waals surface area contributed by atoms with Gasteiger partial charge in [-0.3, -0.25) is 4.79 Å². The molecule has 0 spiro atoms. The zero-order valence-electron chi connectivity index (χ0n) is 11.8. The molecule has 0 saturated carbocycles. The number of aromatic nitrogens is 1. The number of methoxy groups -OCH3 is 1. The monoisotopic (exact) mass is 308 g/mol. The van der Waals surface area contributed by atoms with Crippen LogP contribution in [-0.4, -0.2) is 35.3 Å². The van der Waals surface area contributed by atoms with Crippen LogP contribution in [0.1, 0.15) is 25.7 Å². The maximum Gasteiger partial charge on any atom is 0.346 e. The molecule has 1 amide bonds. The minimum Gasteiger partial charge on any atom is -0.477 e. The lowest BCUT2D eigenvalue weighted by atomic mass is 10.3. The van der Waals surface area contributed by atoms with Crippen molar-refractivity contribution >= 4 is 28.2 Å². The van der Waals surface area contributed by atoms with E-state index in [0.717, 1.165) is 11.3 Å². The second kappa shape index (κ2) is 6.55. The molecule has 0 aliphatic heterocycles. The van der Waals surface area contributed by atoms with Gasteiger partial charge in [0, 0.05) is 19.9 Å². The lowest BCUT2D eigenvalue weighted by molar-refractivity contribution is 0.0701. The summed E-state index contributed by atoms with van der Waals surface area (Å²) in [4.78, 5) is 23.5.